The zero-order valence-corrected chi connectivity index (χ0v) is 16.8. The smallest absolute Gasteiger partial charge is 0.245 e. The van der Waals surface area contributed by atoms with E-state index in [0.717, 1.165) is 16.3 Å². The molecule has 5 nitrogen and oxygen atoms in total. The van der Waals surface area contributed by atoms with Gasteiger partial charge in [0.1, 0.15) is 4.90 Å². The lowest BCUT2D eigenvalue weighted by Gasteiger charge is -2.21. The van der Waals surface area contributed by atoms with Gasteiger partial charge in [0, 0.05) is 17.3 Å². The summed E-state index contributed by atoms with van der Waals surface area (Å²) in [6.07, 6.45) is 0.754. The summed E-state index contributed by atoms with van der Waals surface area (Å²) in [5.41, 5.74) is 1.65. The molecule has 1 N–H and O–H groups in total. The minimum atomic E-state index is -3.95. The number of hydrogen-bond acceptors (Lipinski definition) is 3. The van der Waals surface area contributed by atoms with E-state index >= 15 is 0 Å². The molecule has 0 aliphatic carbocycles. The van der Waals surface area contributed by atoms with E-state index in [1.807, 2.05) is 25.1 Å². The fraction of sp³-hybridized carbons (Fsp3) is 0.278. The molecule has 2 aromatic rings. The molecule has 0 aliphatic rings. The SMILES string of the molecule is CCc1ccccc1NC(=O)CN(CC)S(=O)(=O)c1cc(Cl)ccc1Cl. The molecular weight excluding hydrogens is 395 g/mol. The van der Waals surface area contributed by atoms with Crippen LogP contribution in [0.1, 0.15) is 19.4 Å². The van der Waals surface area contributed by atoms with Crippen molar-refractivity contribution in [2.75, 3.05) is 18.4 Å². The highest BCUT2D eigenvalue weighted by Gasteiger charge is 2.27. The maximum atomic E-state index is 12.9. The third-order valence-corrected chi connectivity index (χ3v) is 6.49. The normalized spacial score (nSPS) is 11.6. The van der Waals surface area contributed by atoms with Crippen molar-refractivity contribution in [3.63, 3.8) is 0 Å². The van der Waals surface area contributed by atoms with Crippen LogP contribution in [0.5, 0.6) is 0 Å². The molecule has 0 bridgehead atoms. The summed E-state index contributed by atoms with van der Waals surface area (Å²) in [4.78, 5) is 12.3. The summed E-state index contributed by atoms with van der Waals surface area (Å²) in [5, 5.41) is 3.09. The van der Waals surface area contributed by atoms with Gasteiger partial charge in [-0.25, -0.2) is 8.42 Å². The second-order valence-electron chi connectivity index (χ2n) is 5.56. The Morgan fingerprint density at radius 3 is 2.46 bits per heavy atom. The zero-order valence-electron chi connectivity index (χ0n) is 14.5. The molecule has 0 saturated heterocycles. The molecule has 2 aromatic carbocycles. The van der Waals surface area contributed by atoms with Crippen LogP contribution in [-0.2, 0) is 21.2 Å². The molecule has 0 aliphatic heterocycles. The first-order chi connectivity index (χ1) is 12.3. The number of nitrogens with zero attached hydrogens (tertiary/aromatic N) is 1. The number of nitrogens with one attached hydrogen (secondary N) is 1. The first kappa shape index (κ1) is 20.7. The molecule has 0 unspecified atom stereocenters. The van der Waals surface area contributed by atoms with E-state index in [-0.39, 0.29) is 28.0 Å². The summed E-state index contributed by atoms with van der Waals surface area (Å²) in [6.45, 7) is 3.44. The molecule has 0 saturated carbocycles. The van der Waals surface area contributed by atoms with Crippen LogP contribution in [0, 0.1) is 0 Å². The average molecular weight is 415 g/mol. The number of hydrogen-bond donors (Lipinski definition) is 1. The fourth-order valence-corrected chi connectivity index (χ4v) is 4.62. The lowest BCUT2D eigenvalue weighted by atomic mass is 10.1. The van der Waals surface area contributed by atoms with E-state index in [0.29, 0.717) is 5.69 Å². The van der Waals surface area contributed by atoms with Crippen molar-refractivity contribution in [1.82, 2.24) is 4.31 Å². The van der Waals surface area contributed by atoms with Gasteiger partial charge in [-0.2, -0.15) is 4.31 Å². The second-order valence-corrected chi connectivity index (χ2v) is 8.31. The molecule has 1 amide bonds. The molecule has 0 spiro atoms. The Hall–Kier alpha value is -1.60. The Bertz CT molecular complexity index is 901. The van der Waals surface area contributed by atoms with E-state index in [1.165, 1.54) is 18.2 Å². The number of aryl methyl sites for hydroxylation is 1. The van der Waals surface area contributed by atoms with Gasteiger partial charge in [-0.15, -0.1) is 0 Å². The predicted molar refractivity (Wildman–Crippen MR) is 105 cm³/mol. The number of rotatable bonds is 7. The van der Waals surface area contributed by atoms with Gasteiger partial charge in [-0.05, 0) is 36.2 Å². The van der Waals surface area contributed by atoms with Crippen molar-refractivity contribution >= 4 is 44.8 Å². The number of anilines is 1. The zero-order chi connectivity index (χ0) is 19.3. The van der Waals surface area contributed by atoms with Crippen molar-refractivity contribution in [1.29, 1.82) is 0 Å². The Labute approximate surface area is 164 Å². The van der Waals surface area contributed by atoms with Gasteiger partial charge in [-0.1, -0.05) is 55.2 Å². The van der Waals surface area contributed by atoms with Gasteiger partial charge in [0.15, 0.2) is 0 Å². The van der Waals surface area contributed by atoms with Crippen LogP contribution in [0.4, 0.5) is 5.69 Å². The Balaban J connectivity index is 2.22. The highest BCUT2D eigenvalue weighted by molar-refractivity contribution is 7.89. The number of carbonyl (C=O) groups is 1. The summed E-state index contributed by atoms with van der Waals surface area (Å²) < 4.78 is 26.8. The maximum absolute atomic E-state index is 12.9. The minimum absolute atomic E-state index is 0.0598. The second kappa shape index (κ2) is 8.86. The molecule has 0 atom stereocenters. The summed E-state index contributed by atoms with van der Waals surface area (Å²) in [5.74, 6) is -0.422. The topological polar surface area (TPSA) is 66.5 Å². The van der Waals surface area contributed by atoms with E-state index in [9.17, 15) is 13.2 Å². The van der Waals surface area contributed by atoms with E-state index in [4.69, 9.17) is 23.2 Å². The van der Waals surface area contributed by atoms with Crippen LogP contribution < -0.4 is 5.32 Å². The Morgan fingerprint density at radius 1 is 1.12 bits per heavy atom. The van der Waals surface area contributed by atoms with Crippen LogP contribution in [0.2, 0.25) is 10.0 Å². The number of likely N-dealkylation sites (N-methyl/N-ethyl adjacent to an activating group) is 1. The van der Waals surface area contributed by atoms with Crippen molar-refractivity contribution in [2.24, 2.45) is 0 Å². The molecule has 0 radical (unpaired) electrons. The molecule has 2 rings (SSSR count). The van der Waals surface area contributed by atoms with Gasteiger partial charge < -0.3 is 5.32 Å². The number of sulfonamides is 1. The number of benzene rings is 2. The van der Waals surface area contributed by atoms with Gasteiger partial charge >= 0.3 is 0 Å². The van der Waals surface area contributed by atoms with Crippen LogP contribution in [-0.4, -0.2) is 31.7 Å². The lowest BCUT2D eigenvalue weighted by Crippen LogP contribution is -2.38. The predicted octanol–water partition coefficient (Wildman–Crippen LogP) is 4.21. The molecular formula is C18H20Cl2N2O3S. The van der Waals surface area contributed by atoms with Crippen molar-refractivity contribution in [2.45, 2.75) is 25.2 Å². The molecule has 140 valence electrons. The van der Waals surface area contributed by atoms with Crippen LogP contribution in [0.3, 0.4) is 0 Å². The van der Waals surface area contributed by atoms with E-state index in [2.05, 4.69) is 5.32 Å². The first-order valence-electron chi connectivity index (χ1n) is 8.12. The summed E-state index contributed by atoms with van der Waals surface area (Å²) in [7, 11) is -3.95. The summed E-state index contributed by atoms with van der Waals surface area (Å²) >= 11 is 11.9. The Morgan fingerprint density at radius 2 is 1.81 bits per heavy atom. The monoisotopic (exact) mass is 414 g/mol. The summed E-state index contributed by atoms with van der Waals surface area (Å²) in [6, 6.07) is 11.6. The first-order valence-corrected chi connectivity index (χ1v) is 10.3. The van der Waals surface area contributed by atoms with Crippen molar-refractivity contribution in [3.05, 3.63) is 58.1 Å². The third-order valence-electron chi connectivity index (χ3n) is 3.86. The van der Waals surface area contributed by atoms with Crippen molar-refractivity contribution in [3.8, 4) is 0 Å². The average Bonchev–Trinajstić information content (AvgIpc) is 2.61. The van der Waals surface area contributed by atoms with Crippen molar-refractivity contribution < 1.29 is 13.2 Å². The molecule has 0 aromatic heterocycles. The number of carbonyl (C=O) groups excluding carboxylic acids is 1. The van der Waals surface area contributed by atoms with E-state index < -0.39 is 15.9 Å². The third kappa shape index (κ3) is 4.76. The van der Waals surface area contributed by atoms with Gasteiger partial charge in [0.05, 0.1) is 11.6 Å². The minimum Gasteiger partial charge on any atom is -0.325 e. The standard InChI is InChI=1S/C18H20Cl2N2O3S/c1-3-13-7-5-6-8-16(13)21-18(23)12-22(4-2)26(24,25)17-11-14(19)9-10-15(17)20/h5-11H,3-4,12H2,1-2H3,(H,21,23). The number of halogens is 2. The van der Waals surface area contributed by atoms with Gasteiger partial charge in [0.2, 0.25) is 15.9 Å². The maximum Gasteiger partial charge on any atom is 0.245 e. The molecule has 8 heteroatoms. The van der Waals surface area contributed by atoms with Gasteiger partial charge in [0.25, 0.3) is 0 Å². The fourth-order valence-electron chi connectivity index (χ4n) is 2.48. The highest BCUT2D eigenvalue weighted by atomic mass is 35.5. The number of amides is 1. The number of para-hydroxylation sites is 1. The Kier molecular flexibility index (Phi) is 7.06. The molecule has 0 heterocycles. The van der Waals surface area contributed by atoms with Crippen LogP contribution in [0.25, 0.3) is 0 Å². The molecule has 26 heavy (non-hydrogen) atoms. The quantitative estimate of drug-likeness (QED) is 0.737. The highest BCUT2D eigenvalue weighted by Crippen LogP contribution is 2.27. The van der Waals surface area contributed by atoms with E-state index in [1.54, 1.807) is 13.0 Å². The van der Waals surface area contributed by atoms with Crippen LogP contribution in [0.15, 0.2) is 47.4 Å². The van der Waals surface area contributed by atoms with Crippen LogP contribution >= 0.6 is 23.2 Å². The lowest BCUT2D eigenvalue weighted by molar-refractivity contribution is -0.116. The van der Waals surface area contributed by atoms with Gasteiger partial charge in [-0.3, -0.25) is 4.79 Å². The largest absolute Gasteiger partial charge is 0.325 e. The molecule has 0 fully saturated rings.